The minimum Gasteiger partial charge on any atom is -0.367 e. The lowest BCUT2D eigenvalue weighted by Crippen LogP contribution is -2.44. The summed E-state index contributed by atoms with van der Waals surface area (Å²) in [6.45, 7) is 14.8. The third-order valence-electron chi connectivity index (χ3n) is 7.66. The Labute approximate surface area is 258 Å². The van der Waals surface area contributed by atoms with Crippen LogP contribution in [0.4, 0.5) is 11.6 Å². The molecule has 0 aromatic carbocycles. The van der Waals surface area contributed by atoms with Crippen molar-refractivity contribution in [2.75, 3.05) is 43.4 Å². The summed E-state index contributed by atoms with van der Waals surface area (Å²) in [7, 11) is 2.11. The third kappa shape index (κ3) is 7.11. The van der Waals surface area contributed by atoms with Crippen molar-refractivity contribution in [3.8, 4) is 11.3 Å². The van der Waals surface area contributed by atoms with E-state index in [4.69, 9.17) is 15.4 Å². The second-order valence-corrected chi connectivity index (χ2v) is 11.3. The van der Waals surface area contributed by atoms with Gasteiger partial charge in [0.2, 0.25) is 0 Å². The number of allylic oxidation sites excluding steroid dienone is 1. The fourth-order valence-corrected chi connectivity index (χ4v) is 5.36. The normalized spacial score (nSPS) is 13.5. The molecule has 4 heterocycles. The number of amides is 1. The SMILES string of the molecule is C=CC(=O)n1c(C)cc(=O)c(CNC(=O)c2cc(-c3ccc(N4CCN(C)CC4)nc3)nc(NC(C)C)c2C=N)c1CCC. The Hall–Kier alpha value is -4.64. The van der Waals surface area contributed by atoms with E-state index < -0.39 is 5.91 Å². The highest BCUT2D eigenvalue weighted by molar-refractivity contribution is 6.05. The molecular formula is C33H42N8O3. The summed E-state index contributed by atoms with van der Waals surface area (Å²) in [5, 5.41) is 14.3. The molecule has 4 rings (SSSR count). The van der Waals surface area contributed by atoms with Gasteiger partial charge in [-0.25, -0.2) is 9.97 Å². The lowest BCUT2D eigenvalue weighted by Gasteiger charge is -2.33. The highest BCUT2D eigenvalue weighted by Crippen LogP contribution is 2.27. The zero-order valence-electron chi connectivity index (χ0n) is 26.2. The van der Waals surface area contributed by atoms with Crippen LogP contribution in [0.15, 0.2) is 47.9 Å². The number of nitrogens with zero attached hydrogens (tertiary/aromatic N) is 5. The first-order valence-corrected chi connectivity index (χ1v) is 15.0. The van der Waals surface area contributed by atoms with Crippen molar-refractivity contribution >= 4 is 29.7 Å². The molecule has 3 N–H and O–H groups in total. The largest absolute Gasteiger partial charge is 0.367 e. The van der Waals surface area contributed by atoms with Crippen LogP contribution in [0.5, 0.6) is 0 Å². The van der Waals surface area contributed by atoms with Gasteiger partial charge in [-0.3, -0.25) is 19.0 Å². The van der Waals surface area contributed by atoms with Crippen molar-refractivity contribution in [1.82, 2.24) is 24.8 Å². The maximum atomic E-state index is 13.7. The average molecular weight is 599 g/mol. The van der Waals surface area contributed by atoms with E-state index in [0.717, 1.165) is 43.8 Å². The van der Waals surface area contributed by atoms with Gasteiger partial charge >= 0.3 is 0 Å². The van der Waals surface area contributed by atoms with E-state index in [9.17, 15) is 14.4 Å². The summed E-state index contributed by atoms with van der Waals surface area (Å²) in [5.74, 6) is 0.491. The van der Waals surface area contributed by atoms with Crippen molar-refractivity contribution in [3.63, 3.8) is 0 Å². The molecule has 232 valence electrons. The number of hydrogen-bond donors (Lipinski definition) is 3. The van der Waals surface area contributed by atoms with Gasteiger partial charge in [-0.15, -0.1) is 0 Å². The minimum absolute atomic E-state index is 0.00452. The van der Waals surface area contributed by atoms with Gasteiger partial charge in [-0.2, -0.15) is 0 Å². The van der Waals surface area contributed by atoms with Crippen molar-refractivity contribution < 1.29 is 9.59 Å². The quantitative estimate of drug-likeness (QED) is 0.223. The number of carbonyl (C=O) groups is 2. The van der Waals surface area contributed by atoms with Gasteiger partial charge in [-0.1, -0.05) is 19.9 Å². The molecule has 11 nitrogen and oxygen atoms in total. The molecule has 0 atom stereocenters. The predicted octanol–water partition coefficient (Wildman–Crippen LogP) is 3.89. The number of aromatic nitrogens is 3. The second kappa shape index (κ2) is 14.2. The number of carbonyl (C=O) groups excluding carboxylic acids is 2. The van der Waals surface area contributed by atoms with Crippen LogP contribution in [0.2, 0.25) is 0 Å². The van der Waals surface area contributed by atoms with Crippen LogP contribution < -0.4 is 21.0 Å². The zero-order valence-corrected chi connectivity index (χ0v) is 26.2. The first kappa shape index (κ1) is 32.3. The number of rotatable bonds is 11. The molecule has 1 fully saturated rings. The van der Waals surface area contributed by atoms with Crippen LogP contribution in [0.3, 0.4) is 0 Å². The van der Waals surface area contributed by atoms with Crippen LogP contribution in [0, 0.1) is 12.3 Å². The predicted molar refractivity (Wildman–Crippen MR) is 175 cm³/mol. The molecule has 0 aliphatic carbocycles. The topological polar surface area (TPSA) is 136 Å². The number of pyridine rings is 3. The Morgan fingerprint density at radius 2 is 1.89 bits per heavy atom. The Morgan fingerprint density at radius 1 is 1.16 bits per heavy atom. The number of nitrogens with one attached hydrogen (secondary N) is 3. The Morgan fingerprint density at radius 3 is 2.48 bits per heavy atom. The van der Waals surface area contributed by atoms with Crippen LogP contribution in [-0.4, -0.2) is 76.7 Å². The van der Waals surface area contributed by atoms with Crippen molar-refractivity contribution in [2.45, 2.75) is 53.1 Å². The Bertz CT molecular complexity index is 1600. The van der Waals surface area contributed by atoms with E-state index in [-0.39, 0.29) is 29.5 Å². The minimum atomic E-state index is -0.468. The molecule has 0 unspecified atom stereocenters. The van der Waals surface area contributed by atoms with Crippen LogP contribution in [0.1, 0.15) is 64.9 Å². The van der Waals surface area contributed by atoms with E-state index in [0.29, 0.717) is 46.9 Å². The molecule has 0 bridgehead atoms. The van der Waals surface area contributed by atoms with Gasteiger partial charge in [-0.05, 0) is 58.5 Å². The molecule has 44 heavy (non-hydrogen) atoms. The Kier molecular flexibility index (Phi) is 10.4. The number of anilines is 2. The average Bonchev–Trinajstić information content (AvgIpc) is 3.00. The van der Waals surface area contributed by atoms with Crippen molar-refractivity contribution in [3.05, 3.63) is 81.4 Å². The van der Waals surface area contributed by atoms with Gasteiger partial charge in [0, 0.05) is 85.3 Å². The smallest absolute Gasteiger partial charge is 0.254 e. The summed E-state index contributed by atoms with van der Waals surface area (Å²) >= 11 is 0. The molecule has 1 aliphatic heterocycles. The molecule has 0 radical (unpaired) electrons. The lowest BCUT2D eigenvalue weighted by atomic mass is 10.0. The lowest BCUT2D eigenvalue weighted by molar-refractivity contribution is 0.0949. The molecule has 1 saturated heterocycles. The van der Waals surface area contributed by atoms with Gasteiger partial charge in [0.25, 0.3) is 11.8 Å². The van der Waals surface area contributed by atoms with E-state index in [1.54, 1.807) is 19.2 Å². The first-order valence-electron chi connectivity index (χ1n) is 15.0. The fraction of sp³-hybridized carbons (Fsp3) is 0.394. The monoisotopic (exact) mass is 598 g/mol. The maximum Gasteiger partial charge on any atom is 0.254 e. The molecule has 3 aromatic rings. The molecule has 11 heteroatoms. The summed E-state index contributed by atoms with van der Waals surface area (Å²) in [6, 6.07) is 6.95. The molecule has 1 amide bonds. The van der Waals surface area contributed by atoms with Crippen molar-refractivity contribution in [1.29, 1.82) is 5.41 Å². The number of hydrogen-bond acceptors (Lipinski definition) is 9. The number of likely N-dealkylation sites (N-methyl/N-ethyl adjacent to an activating group) is 1. The molecule has 1 aliphatic rings. The summed E-state index contributed by atoms with van der Waals surface area (Å²) < 4.78 is 1.48. The van der Waals surface area contributed by atoms with Gasteiger partial charge in [0.1, 0.15) is 11.6 Å². The van der Waals surface area contributed by atoms with Gasteiger partial charge < -0.3 is 25.8 Å². The summed E-state index contributed by atoms with van der Waals surface area (Å²) in [6.07, 6.45) is 5.25. The molecular weight excluding hydrogens is 556 g/mol. The van der Waals surface area contributed by atoms with Gasteiger partial charge in [0.15, 0.2) is 5.43 Å². The van der Waals surface area contributed by atoms with Crippen LogP contribution >= 0.6 is 0 Å². The van der Waals surface area contributed by atoms with E-state index in [1.807, 2.05) is 32.9 Å². The first-order chi connectivity index (χ1) is 21.1. The highest BCUT2D eigenvalue weighted by Gasteiger charge is 2.22. The maximum absolute atomic E-state index is 13.7. The van der Waals surface area contributed by atoms with Crippen LogP contribution in [0.25, 0.3) is 11.3 Å². The standard InChI is InChI=1S/C33H42N8O3/c1-7-9-28-26(29(42)16-22(5)41(28)31(43)8-2)20-36-33(44)24-17-27(38-32(25(24)18-34)37-21(3)4)23-10-11-30(35-19-23)40-14-12-39(6)13-15-40/h8,10-11,16-19,21,34H,2,7,9,12-15,20H2,1,3-6H3,(H,36,44)(H,37,38). The van der Waals surface area contributed by atoms with Crippen molar-refractivity contribution in [2.24, 2.45) is 0 Å². The highest BCUT2D eigenvalue weighted by atomic mass is 16.2. The number of piperazine rings is 1. The summed E-state index contributed by atoms with van der Waals surface area (Å²) in [5.41, 5.74) is 2.99. The van der Waals surface area contributed by atoms with Crippen LogP contribution in [-0.2, 0) is 13.0 Å². The third-order valence-corrected chi connectivity index (χ3v) is 7.66. The van der Waals surface area contributed by atoms with E-state index in [2.05, 4.69) is 34.1 Å². The number of aryl methyl sites for hydroxylation is 1. The summed E-state index contributed by atoms with van der Waals surface area (Å²) in [4.78, 5) is 53.5. The molecule has 3 aromatic heterocycles. The zero-order chi connectivity index (χ0) is 32.0. The molecule has 0 saturated carbocycles. The Balaban J connectivity index is 1.70. The van der Waals surface area contributed by atoms with E-state index >= 15 is 0 Å². The molecule has 0 spiro atoms. The van der Waals surface area contributed by atoms with Gasteiger partial charge in [0.05, 0.1) is 11.3 Å². The fourth-order valence-electron chi connectivity index (χ4n) is 5.36. The van der Waals surface area contributed by atoms with E-state index in [1.165, 1.54) is 16.7 Å². The second-order valence-electron chi connectivity index (χ2n) is 11.3.